The second-order valence-electron chi connectivity index (χ2n) is 14.2. The van der Waals surface area contributed by atoms with E-state index in [-0.39, 0.29) is 58.3 Å². The monoisotopic (exact) mass is 716 g/mol. The molecule has 14 nitrogen and oxygen atoms in total. The van der Waals surface area contributed by atoms with Gasteiger partial charge in [0.1, 0.15) is 22.8 Å². The van der Waals surface area contributed by atoms with Crippen LogP contribution in [0, 0.1) is 17.8 Å². The molecule has 5 N–H and O–H groups in total. The molecule has 3 aromatic rings. The molecule has 2 unspecified atom stereocenters. The molecule has 268 valence electrons. The van der Waals surface area contributed by atoms with Gasteiger partial charge in [-0.2, -0.15) is 0 Å². The second-order valence-corrected chi connectivity index (χ2v) is 14.2. The van der Waals surface area contributed by atoms with Gasteiger partial charge in [0.25, 0.3) is 29.5 Å². The Morgan fingerprint density at radius 3 is 1.74 bits per heavy atom. The molecule has 0 bridgehead atoms. The van der Waals surface area contributed by atoms with Gasteiger partial charge < -0.3 is 21.1 Å². The van der Waals surface area contributed by atoms with Gasteiger partial charge in [-0.3, -0.25) is 48.3 Å². The summed E-state index contributed by atoms with van der Waals surface area (Å²) < 4.78 is 0. The number of fused-ring (bicyclic) bond motifs is 5. The smallest absolute Gasteiger partial charge is 0.261 e. The van der Waals surface area contributed by atoms with E-state index in [1.807, 2.05) is 0 Å². The van der Waals surface area contributed by atoms with E-state index in [1.54, 1.807) is 43.3 Å². The van der Waals surface area contributed by atoms with Crippen molar-refractivity contribution in [2.24, 2.45) is 23.5 Å². The number of benzene rings is 3. The summed E-state index contributed by atoms with van der Waals surface area (Å²) in [5, 5.41) is 34.9. The normalized spacial score (nSPS) is 23.5. The van der Waals surface area contributed by atoms with Gasteiger partial charge in [0, 0.05) is 11.1 Å². The fourth-order valence-electron chi connectivity index (χ4n) is 8.84. The minimum Gasteiger partial charge on any atom is -0.510 e. The van der Waals surface area contributed by atoms with E-state index >= 15 is 0 Å². The second kappa shape index (κ2) is 11.8. The van der Waals surface area contributed by atoms with Gasteiger partial charge >= 0.3 is 0 Å². The van der Waals surface area contributed by atoms with Gasteiger partial charge in [-0.15, -0.1) is 0 Å². The van der Waals surface area contributed by atoms with Crippen LogP contribution in [0.5, 0.6) is 5.75 Å². The predicted octanol–water partition coefficient (Wildman–Crippen LogP) is 2.44. The summed E-state index contributed by atoms with van der Waals surface area (Å²) in [6.45, 7) is -0.774. The lowest BCUT2D eigenvalue weighted by Gasteiger charge is -2.46. The first kappa shape index (κ1) is 33.7. The molecule has 2 heterocycles. The number of rotatable bonds is 6. The highest BCUT2D eigenvalue weighted by atomic mass is 16.3. The van der Waals surface area contributed by atoms with Crippen molar-refractivity contribution >= 4 is 46.9 Å². The van der Waals surface area contributed by atoms with Gasteiger partial charge in [-0.05, 0) is 80.2 Å². The Bertz CT molecular complexity index is 2290. The number of aliphatic hydroxyl groups excluding tert-OH is 2. The number of carbonyl (C=O) groups excluding carboxylic acids is 7. The third-order valence-electron chi connectivity index (χ3n) is 11.1. The van der Waals surface area contributed by atoms with Gasteiger partial charge in [0.15, 0.2) is 11.6 Å². The number of ketones is 2. The van der Waals surface area contributed by atoms with Crippen molar-refractivity contribution in [2.45, 2.75) is 32.0 Å². The molecule has 0 saturated heterocycles. The number of hydrogen-bond acceptors (Lipinski definition) is 11. The van der Waals surface area contributed by atoms with Gasteiger partial charge in [0.05, 0.1) is 52.9 Å². The van der Waals surface area contributed by atoms with Crippen LogP contribution in [0.2, 0.25) is 0 Å². The minimum absolute atomic E-state index is 0.00450. The van der Waals surface area contributed by atoms with Crippen LogP contribution in [0.3, 0.4) is 0 Å². The lowest BCUT2D eigenvalue weighted by Crippen LogP contribution is -2.55. The topological polar surface area (TPSA) is 216 Å². The number of imide groups is 2. The summed E-state index contributed by atoms with van der Waals surface area (Å²) >= 11 is 0. The molecule has 14 heteroatoms. The number of nitrogens with zero attached hydrogens (tertiary/aromatic N) is 3. The molecule has 4 atom stereocenters. The minimum atomic E-state index is -1.47. The number of nitrogens with two attached hydrogens (primary N) is 1. The molecule has 3 aromatic carbocycles. The highest BCUT2D eigenvalue weighted by Gasteiger charge is 2.56. The number of primary amides is 1. The van der Waals surface area contributed by atoms with Crippen LogP contribution < -0.4 is 5.73 Å². The van der Waals surface area contributed by atoms with E-state index in [0.29, 0.717) is 11.1 Å². The first-order chi connectivity index (χ1) is 25.2. The molecule has 1 fully saturated rings. The molecule has 2 aliphatic heterocycles. The van der Waals surface area contributed by atoms with E-state index in [1.165, 1.54) is 30.3 Å². The largest absolute Gasteiger partial charge is 0.510 e. The SMILES string of the molecule is CN(C)[C@@H]1C(O)=C(C(N)=O)C(=O)C2C(=O)C3=C(O)c4c(O)c(CN5C(=O)c6ccccc6C5=O)cc(CN5C(=O)c6ccccc6C5=O)c4CC3C[C@H]21. The van der Waals surface area contributed by atoms with Gasteiger partial charge in [-0.1, -0.05) is 24.3 Å². The van der Waals surface area contributed by atoms with E-state index in [2.05, 4.69) is 0 Å². The zero-order valence-electron chi connectivity index (χ0n) is 28.5. The van der Waals surface area contributed by atoms with Crippen molar-refractivity contribution in [1.82, 2.24) is 14.7 Å². The summed E-state index contributed by atoms with van der Waals surface area (Å²) in [5.74, 6) is -10.1. The molecule has 8 rings (SSSR count). The fraction of sp³-hybridized carbons (Fsp3) is 0.256. The quantitative estimate of drug-likeness (QED) is 0.165. The van der Waals surface area contributed by atoms with E-state index in [0.717, 1.165) is 9.80 Å². The molecule has 53 heavy (non-hydrogen) atoms. The van der Waals surface area contributed by atoms with Crippen LogP contribution >= 0.6 is 0 Å². The van der Waals surface area contributed by atoms with Crippen molar-refractivity contribution in [2.75, 3.05) is 14.1 Å². The number of aliphatic hydroxyl groups is 2. The van der Waals surface area contributed by atoms with Gasteiger partial charge in [-0.25, -0.2) is 0 Å². The van der Waals surface area contributed by atoms with Gasteiger partial charge in [0.2, 0.25) is 0 Å². The summed E-state index contributed by atoms with van der Waals surface area (Å²) in [6, 6.07) is 13.1. The van der Waals surface area contributed by atoms with Crippen LogP contribution in [-0.2, 0) is 33.9 Å². The standard InChI is InChI=1S/C39H32N4O10/c1-41(2)29-24-13-16-12-23-17(14-42-36(50)19-7-3-4-8-20(19)37(42)51)11-18(15-43-38(52)21-9-5-6-10-22(21)39(43)53)30(44)26(23)31(45)25(16)32(46)27(24)33(47)28(34(29)48)35(40)49/h3-11,16,24,27,29,44-45,48H,12-15H2,1-2H3,(H2,40,49)/t16?,24-,27?,29+/m1/s1. The molecule has 3 aliphatic carbocycles. The first-order valence-corrected chi connectivity index (χ1v) is 16.9. The fourth-order valence-corrected chi connectivity index (χ4v) is 8.84. The first-order valence-electron chi connectivity index (χ1n) is 16.9. The average Bonchev–Trinajstić information content (AvgIpc) is 3.49. The van der Waals surface area contributed by atoms with Crippen LogP contribution in [0.25, 0.3) is 5.76 Å². The Morgan fingerprint density at radius 1 is 0.774 bits per heavy atom. The molecule has 5 aliphatic rings. The Morgan fingerprint density at radius 2 is 1.26 bits per heavy atom. The zero-order chi connectivity index (χ0) is 37.8. The number of amides is 5. The maximum atomic E-state index is 14.3. The number of phenols is 1. The Labute approximate surface area is 301 Å². The van der Waals surface area contributed by atoms with E-state index in [9.17, 15) is 48.9 Å². The maximum Gasteiger partial charge on any atom is 0.261 e. The van der Waals surface area contributed by atoms with E-state index < -0.39 is 94.3 Å². The molecule has 5 amide bonds. The Hall–Kier alpha value is -6.41. The Kier molecular flexibility index (Phi) is 7.52. The highest BCUT2D eigenvalue weighted by molar-refractivity contribution is 6.28. The van der Waals surface area contributed by atoms with E-state index in [4.69, 9.17) is 5.73 Å². The Balaban J connectivity index is 1.27. The number of carbonyl (C=O) groups is 7. The molecular weight excluding hydrogens is 684 g/mol. The maximum absolute atomic E-state index is 14.3. The van der Waals surface area contributed by atoms with Crippen molar-refractivity contribution in [3.63, 3.8) is 0 Å². The number of Topliss-reactive ketones (excluding diaryl/α,β-unsaturated/α-hetero) is 2. The van der Waals surface area contributed by atoms with Crippen LogP contribution in [0.1, 0.15) is 70.1 Å². The molecule has 0 aromatic heterocycles. The number of likely N-dealkylation sites (N-methyl/N-ethyl adjacent to an activating group) is 1. The van der Waals surface area contributed by atoms with Crippen molar-refractivity contribution in [3.8, 4) is 5.75 Å². The van der Waals surface area contributed by atoms with Crippen LogP contribution in [0.4, 0.5) is 0 Å². The number of phenolic OH excluding ortho intramolecular Hbond substituents is 1. The third kappa shape index (κ3) is 4.71. The third-order valence-corrected chi connectivity index (χ3v) is 11.1. The predicted molar refractivity (Wildman–Crippen MR) is 184 cm³/mol. The number of allylic oxidation sites excluding steroid dienone is 1. The summed E-state index contributed by atoms with van der Waals surface area (Å²) in [6.07, 6.45) is 0.0917. The average molecular weight is 717 g/mol. The summed E-state index contributed by atoms with van der Waals surface area (Å²) in [5.41, 5.74) is 5.74. The van der Waals surface area contributed by atoms with Crippen LogP contribution in [-0.4, -0.2) is 91.3 Å². The van der Waals surface area contributed by atoms with Crippen molar-refractivity contribution in [1.29, 1.82) is 0 Å². The zero-order valence-corrected chi connectivity index (χ0v) is 28.5. The van der Waals surface area contributed by atoms with Crippen LogP contribution in [0.15, 0.2) is 71.5 Å². The van der Waals surface area contributed by atoms with Crippen molar-refractivity contribution < 1.29 is 48.9 Å². The van der Waals surface area contributed by atoms with Crippen molar-refractivity contribution in [3.05, 3.63) is 116 Å². The number of hydrogen-bond donors (Lipinski definition) is 4. The lowest BCUT2D eigenvalue weighted by molar-refractivity contribution is -0.136. The molecular formula is C39H32N4O10. The molecule has 1 saturated carbocycles. The molecule has 0 spiro atoms. The molecule has 0 radical (unpaired) electrons. The highest BCUT2D eigenvalue weighted by Crippen LogP contribution is 2.51. The number of aromatic hydroxyl groups is 1. The lowest BCUT2D eigenvalue weighted by atomic mass is 9.59. The summed E-state index contributed by atoms with van der Waals surface area (Å²) in [7, 11) is 3.23. The summed E-state index contributed by atoms with van der Waals surface area (Å²) in [4.78, 5) is 97.6.